The maximum absolute atomic E-state index is 12.6. The van der Waals surface area contributed by atoms with Crippen molar-refractivity contribution in [3.8, 4) is 0 Å². The Morgan fingerprint density at radius 1 is 1.32 bits per heavy atom. The molecular formula is C17H21N3O2. The van der Waals surface area contributed by atoms with Crippen LogP contribution in [0.25, 0.3) is 0 Å². The van der Waals surface area contributed by atoms with Crippen LogP contribution in [-0.2, 0) is 24.7 Å². The Kier molecular flexibility index (Phi) is 4.24. The maximum atomic E-state index is 12.6. The third kappa shape index (κ3) is 3.20. The van der Waals surface area contributed by atoms with Crippen LogP contribution in [0.15, 0.2) is 42.7 Å². The molecule has 0 aliphatic carbocycles. The monoisotopic (exact) mass is 299 g/mol. The molecule has 1 saturated heterocycles. The number of aliphatic hydroxyl groups is 1. The number of rotatable bonds is 4. The SMILES string of the molecule is Cn1cc(C[C@@H]2[C@H](O)CCN2C(=O)Cc2ccccc2)cn1. The zero-order valence-electron chi connectivity index (χ0n) is 12.7. The van der Waals surface area contributed by atoms with Crippen LogP contribution in [0, 0.1) is 0 Å². The number of benzene rings is 1. The van der Waals surface area contributed by atoms with Crippen LogP contribution >= 0.6 is 0 Å². The Hall–Kier alpha value is -2.14. The van der Waals surface area contributed by atoms with Crippen molar-refractivity contribution in [2.24, 2.45) is 7.05 Å². The maximum Gasteiger partial charge on any atom is 0.227 e. The van der Waals surface area contributed by atoms with Gasteiger partial charge >= 0.3 is 0 Å². The van der Waals surface area contributed by atoms with Crippen LogP contribution in [0.5, 0.6) is 0 Å². The molecule has 3 rings (SSSR count). The van der Waals surface area contributed by atoms with E-state index in [4.69, 9.17) is 0 Å². The third-order valence-electron chi connectivity index (χ3n) is 4.23. The van der Waals surface area contributed by atoms with Crippen molar-refractivity contribution in [1.82, 2.24) is 14.7 Å². The number of amides is 1. The summed E-state index contributed by atoms with van der Waals surface area (Å²) < 4.78 is 1.74. The summed E-state index contributed by atoms with van der Waals surface area (Å²) in [5.74, 6) is 0.0802. The highest BCUT2D eigenvalue weighted by Gasteiger charge is 2.35. The van der Waals surface area contributed by atoms with Crippen LogP contribution in [0.3, 0.4) is 0 Å². The molecule has 1 fully saturated rings. The molecule has 1 aromatic heterocycles. The number of hydrogen-bond acceptors (Lipinski definition) is 3. The predicted molar refractivity (Wildman–Crippen MR) is 83.2 cm³/mol. The van der Waals surface area contributed by atoms with Crippen molar-refractivity contribution in [2.45, 2.75) is 31.4 Å². The lowest BCUT2D eigenvalue weighted by molar-refractivity contribution is -0.132. The smallest absolute Gasteiger partial charge is 0.227 e. The van der Waals surface area contributed by atoms with Crippen molar-refractivity contribution in [3.05, 3.63) is 53.9 Å². The Morgan fingerprint density at radius 3 is 2.77 bits per heavy atom. The van der Waals surface area contributed by atoms with Crippen LogP contribution in [0.1, 0.15) is 17.5 Å². The van der Waals surface area contributed by atoms with Gasteiger partial charge in [0, 0.05) is 19.8 Å². The normalized spacial score (nSPS) is 21.3. The molecule has 2 atom stereocenters. The summed E-state index contributed by atoms with van der Waals surface area (Å²) in [6, 6.07) is 9.59. The van der Waals surface area contributed by atoms with Crippen LogP contribution in [0.4, 0.5) is 0 Å². The van der Waals surface area contributed by atoms with E-state index in [2.05, 4.69) is 5.10 Å². The van der Waals surface area contributed by atoms with Gasteiger partial charge in [-0.15, -0.1) is 0 Å². The van der Waals surface area contributed by atoms with Gasteiger partial charge in [0.25, 0.3) is 0 Å². The molecule has 0 unspecified atom stereocenters. The molecule has 1 aromatic carbocycles. The Bertz CT molecular complexity index is 638. The summed E-state index contributed by atoms with van der Waals surface area (Å²) in [6.45, 7) is 0.623. The van der Waals surface area contributed by atoms with Gasteiger partial charge in [0.2, 0.25) is 5.91 Å². The molecular weight excluding hydrogens is 278 g/mol. The first-order valence-corrected chi connectivity index (χ1v) is 7.62. The van der Waals surface area contributed by atoms with Gasteiger partial charge in [-0.1, -0.05) is 30.3 Å². The number of carbonyl (C=O) groups is 1. The number of nitrogens with zero attached hydrogens (tertiary/aromatic N) is 3. The second-order valence-corrected chi connectivity index (χ2v) is 5.90. The molecule has 116 valence electrons. The Balaban J connectivity index is 1.69. The van der Waals surface area contributed by atoms with Gasteiger partial charge in [-0.05, 0) is 24.0 Å². The van der Waals surface area contributed by atoms with E-state index < -0.39 is 6.10 Å². The Labute approximate surface area is 130 Å². The van der Waals surface area contributed by atoms with Crippen molar-refractivity contribution in [3.63, 3.8) is 0 Å². The molecule has 2 heterocycles. The van der Waals surface area contributed by atoms with E-state index in [0.29, 0.717) is 25.8 Å². The van der Waals surface area contributed by atoms with E-state index in [1.165, 1.54) is 0 Å². The molecule has 5 nitrogen and oxygen atoms in total. The molecule has 0 radical (unpaired) electrons. The first-order chi connectivity index (χ1) is 10.6. The fraction of sp³-hybridized carbons (Fsp3) is 0.412. The lowest BCUT2D eigenvalue weighted by Crippen LogP contribution is -2.41. The zero-order chi connectivity index (χ0) is 15.5. The summed E-state index contributed by atoms with van der Waals surface area (Å²) in [5.41, 5.74) is 2.06. The lowest BCUT2D eigenvalue weighted by Gasteiger charge is -2.26. The number of likely N-dealkylation sites (tertiary alicyclic amines) is 1. The fourth-order valence-corrected chi connectivity index (χ4v) is 3.08. The molecule has 1 aliphatic rings. The Morgan fingerprint density at radius 2 is 2.09 bits per heavy atom. The van der Waals surface area contributed by atoms with Crippen LogP contribution in [0.2, 0.25) is 0 Å². The highest BCUT2D eigenvalue weighted by atomic mass is 16.3. The summed E-state index contributed by atoms with van der Waals surface area (Å²) >= 11 is 0. The number of aryl methyl sites for hydroxylation is 1. The minimum atomic E-state index is -0.458. The highest BCUT2D eigenvalue weighted by molar-refractivity contribution is 5.79. The lowest BCUT2D eigenvalue weighted by atomic mass is 10.0. The first-order valence-electron chi connectivity index (χ1n) is 7.62. The van der Waals surface area contributed by atoms with E-state index in [9.17, 15) is 9.90 Å². The average molecular weight is 299 g/mol. The topological polar surface area (TPSA) is 58.4 Å². The molecule has 1 N–H and O–H groups in total. The van der Waals surface area contributed by atoms with E-state index >= 15 is 0 Å². The van der Waals surface area contributed by atoms with Gasteiger partial charge in [0.05, 0.1) is 24.8 Å². The fourth-order valence-electron chi connectivity index (χ4n) is 3.08. The average Bonchev–Trinajstić information content (AvgIpc) is 3.07. The first kappa shape index (κ1) is 14.8. The van der Waals surface area contributed by atoms with Gasteiger partial charge < -0.3 is 10.0 Å². The molecule has 0 saturated carbocycles. The molecule has 0 spiro atoms. The van der Waals surface area contributed by atoms with Crippen LogP contribution < -0.4 is 0 Å². The summed E-state index contributed by atoms with van der Waals surface area (Å²) in [7, 11) is 1.87. The van der Waals surface area contributed by atoms with E-state index in [-0.39, 0.29) is 11.9 Å². The standard InChI is InChI=1S/C17H21N3O2/c1-19-12-14(11-18-19)9-15-16(21)7-8-20(15)17(22)10-13-5-3-2-4-6-13/h2-6,11-12,15-16,21H,7-10H2,1H3/t15-,16-/m1/s1. The van der Waals surface area contributed by atoms with Crippen molar-refractivity contribution >= 4 is 5.91 Å². The summed E-state index contributed by atoms with van der Waals surface area (Å²) in [4.78, 5) is 14.4. The van der Waals surface area contributed by atoms with E-state index in [0.717, 1.165) is 11.1 Å². The molecule has 22 heavy (non-hydrogen) atoms. The zero-order valence-corrected chi connectivity index (χ0v) is 12.7. The quantitative estimate of drug-likeness (QED) is 0.922. The van der Waals surface area contributed by atoms with Crippen molar-refractivity contribution in [2.75, 3.05) is 6.54 Å². The van der Waals surface area contributed by atoms with Gasteiger partial charge in [-0.3, -0.25) is 9.48 Å². The predicted octanol–water partition coefficient (Wildman–Crippen LogP) is 1.17. The van der Waals surface area contributed by atoms with E-state index in [1.54, 1.807) is 10.9 Å². The minimum Gasteiger partial charge on any atom is -0.391 e. The highest BCUT2D eigenvalue weighted by Crippen LogP contribution is 2.22. The summed E-state index contributed by atoms with van der Waals surface area (Å²) in [6.07, 6.45) is 4.95. The number of aliphatic hydroxyl groups excluding tert-OH is 1. The van der Waals surface area contributed by atoms with Gasteiger partial charge in [-0.2, -0.15) is 5.10 Å². The molecule has 1 aliphatic heterocycles. The number of aromatic nitrogens is 2. The number of carbonyl (C=O) groups excluding carboxylic acids is 1. The second kappa shape index (κ2) is 6.32. The van der Waals surface area contributed by atoms with E-state index in [1.807, 2.05) is 48.5 Å². The molecule has 2 aromatic rings. The molecule has 5 heteroatoms. The molecule has 1 amide bonds. The van der Waals surface area contributed by atoms with Crippen LogP contribution in [-0.4, -0.2) is 44.4 Å². The van der Waals surface area contributed by atoms with Gasteiger partial charge in [0.15, 0.2) is 0 Å². The largest absolute Gasteiger partial charge is 0.391 e. The van der Waals surface area contributed by atoms with Gasteiger partial charge in [-0.25, -0.2) is 0 Å². The van der Waals surface area contributed by atoms with Crippen molar-refractivity contribution in [1.29, 1.82) is 0 Å². The number of hydrogen-bond donors (Lipinski definition) is 1. The molecule has 0 bridgehead atoms. The van der Waals surface area contributed by atoms with Gasteiger partial charge in [0.1, 0.15) is 0 Å². The summed E-state index contributed by atoms with van der Waals surface area (Å²) in [5, 5.41) is 14.4. The minimum absolute atomic E-state index is 0.0802. The third-order valence-corrected chi connectivity index (χ3v) is 4.23. The second-order valence-electron chi connectivity index (χ2n) is 5.90. The van der Waals surface area contributed by atoms with Crippen molar-refractivity contribution < 1.29 is 9.90 Å².